The smallest absolute Gasteiger partial charge is 0.258 e. The number of carbonyl (C=O) groups is 4. The average molecular weight is 751 g/mol. The van der Waals surface area contributed by atoms with Crippen molar-refractivity contribution in [3.8, 4) is 17.2 Å². The number of phenolic OH excluding ortho intramolecular Hbond substituents is 2. The van der Waals surface area contributed by atoms with Gasteiger partial charge >= 0.3 is 0 Å². The second kappa shape index (κ2) is 11.9. The highest BCUT2D eigenvalue weighted by Crippen LogP contribution is 2.66. The monoisotopic (exact) mass is 750 g/mol. The van der Waals surface area contributed by atoms with Crippen LogP contribution in [0.2, 0.25) is 0 Å². The Morgan fingerprint density at radius 3 is 2.10 bits per heavy atom. The molecule has 0 radical (unpaired) electrons. The van der Waals surface area contributed by atoms with Gasteiger partial charge in [-0.15, -0.1) is 23.2 Å². The van der Waals surface area contributed by atoms with Crippen LogP contribution < -0.4 is 9.64 Å². The molecular formula is C35H25Cl2F5N2O7. The normalized spacial score (nSPS) is 28.5. The van der Waals surface area contributed by atoms with Gasteiger partial charge in [0.2, 0.25) is 17.6 Å². The zero-order chi connectivity index (χ0) is 36.9. The number of phenols is 2. The van der Waals surface area contributed by atoms with Crippen LogP contribution in [0.15, 0.2) is 54.1 Å². The van der Waals surface area contributed by atoms with E-state index in [4.69, 9.17) is 27.9 Å². The summed E-state index contributed by atoms with van der Waals surface area (Å²) in [5.41, 5.74) is -0.811. The van der Waals surface area contributed by atoms with E-state index in [2.05, 4.69) is 0 Å². The molecule has 6 atom stereocenters. The van der Waals surface area contributed by atoms with E-state index in [0.717, 1.165) is 10.5 Å². The second-order valence-electron chi connectivity index (χ2n) is 12.9. The first-order chi connectivity index (χ1) is 24.1. The van der Waals surface area contributed by atoms with Crippen molar-refractivity contribution in [1.29, 1.82) is 0 Å². The Morgan fingerprint density at radius 1 is 0.843 bits per heavy atom. The summed E-state index contributed by atoms with van der Waals surface area (Å²) in [6.45, 7) is -0.0347. The molecular weight excluding hydrogens is 726 g/mol. The molecule has 51 heavy (non-hydrogen) atoms. The van der Waals surface area contributed by atoms with Crippen molar-refractivity contribution in [2.45, 2.75) is 34.9 Å². The molecule has 2 heterocycles. The number of imide groups is 2. The van der Waals surface area contributed by atoms with Crippen LogP contribution in [0.4, 0.5) is 27.6 Å². The molecule has 266 valence electrons. The number of alkyl halides is 2. The van der Waals surface area contributed by atoms with Crippen LogP contribution in [0.3, 0.4) is 0 Å². The van der Waals surface area contributed by atoms with Gasteiger partial charge in [0.05, 0.1) is 18.9 Å². The Balaban J connectivity index is 1.36. The molecule has 1 saturated carbocycles. The molecule has 4 amide bonds. The lowest BCUT2D eigenvalue weighted by Gasteiger charge is -2.50. The third kappa shape index (κ3) is 4.71. The fourth-order valence-corrected chi connectivity index (χ4v) is 8.94. The van der Waals surface area contributed by atoms with Crippen molar-refractivity contribution in [2.75, 3.05) is 18.6 Å². The van der Waals surface area contributed by atoms with Crippen LogP contribution >= 0.6 is 23.2 Å². The number of rotatable bonds is 6. The van der Waals surface area contributed by atoms with Gasteiger partial charge in [-0.25, -0.2) is 26.9 Å². The quantitative estimate of drug-likeness (QED) is 0.0839. The maximum Gasteiger partial charge on any atom is 0.258 e. The van der Waals surface area contributed by atoms with E-state index in [-0.39, 0.29) is 52.7 Å². The summed E-state index contributed by atoms with van der Waals surface area (Å²) in [5, 5.41) is 19.9. The van der Waals surface area contributed by atoms with Gasteiger partial charge in [0, 0.05) is 12.5 Å². The number of allylic oxidation sites excluding steroid dienone is 2. The first-order valence-electron chi connectivity index (χ1n) is 15.6. The van der Waals surface area contributed by atoms with E-state index in [0.29, 0.717) is 0 Å². The van der Waals surface area contributed by atoms with E-state index >= 15 is 8.78 Å². The number of likely N-dealkylation sites (tertiary alicyclic amines) is 1. The Bertz CT molecular complexity index is 2070. The van der Waals surface area contributed by atoms with Crippen LogP contribution in [0.1, 0.15) is 29.9 Å². The first-order valence-corrected chi connectivity index (χ1v) is 16.3. The molecule has 7 rings (SSSR count). The largest absolute Gasteiger partial charge is 0.508 e. The summed E-state index contributed by atoms with van der Waals surface area (Å²) in [6.07, 6.45) is 1.16. The number of anilines is 1. The topological polar surface area (TPSA) is 124 Å². The number of aromatic hydroxyl groups is 2. The molecule has 0 unspecified atom stereocenters. The number of amides is 4. The minimum Gasteiger partial charge on any atom is -0.508 e. The van der Waals surface area contributed by atoms with Gasteiger partial charge in [-0.2, -0.15) is 0 Å². The summed E-state index contributed by atoms with van der Waals surface area (Å²) < 4.78 is 78.5. The molecule has 3 fully saturated rings. The molecule has 2 saturated heterocycles. The molecule has 16 heteroatoms. The van der Waals surface area contributed by atoms with Crippen molar-refractivity contribution in [1.82, 2.24) is 4.90 Å². The van der Waals surface area contributed by atoms with Crippen LogP contribution in [0.5, 0.6) is 17.2 Å². The van der Waals surface area contributed by atoms with E-state index in [1.165, 1.54) is 37.4 Å². The number of hydrogen-bond donors (Lipinski definition) is 2. The van der Waals surface area contributed by atoms with Crippen molar-refractivity contribution >= 4 is 52.5 Å². The Labute approximate surface area is 295 Å². The van der Waals surface area contributed by atoms with Gasteiger partial charge in [-0.1, -0.05) is 29.8 Å². The molecule has 3 aromatic rings. The van der Waals surface area contributed by atoms with Crippen molar-refractivity contribution in [3.05, 3.63) is 94.3 Å². The Kier molecular flexibility index (Phi) is 8.14. The van der Waals surface area contributed by atoms with Gasteiger partial charge in [0.15, 0.2) is 44.5 Å². The van der Waals surface area contributed by atoms with Crippen LogP contribution in [0, 0.1) is 46.8 Å². The molecule has 0 spiro atoms. The summed E-state index contributed by atoms with van der Waals surface area (Å²) >= 11 is 14.2. The highest BCUT2D eigenvalue weighted by Gasteiger charge is 2.77. The third-order valence-electron chi connectivity index (χ3n) is 10.4. The molecule has 0 bridgehead atoms. The zero-order valence-electron chi connectivity index (χ0n) is 26.2. The van der Waals surface area contributed by atoms with Crippen molar-refractivity contribution in [3.63, 3.8) is 0 Å². The highest BCUT2D eigenvalue weighted by atomic mass is 35.5. The lowest BCUT2D eigenvalue weighted by atomic mass is 9.56. The SMILES string of the molecule is COc1cc([C@H]2C3=CC[C@@H]4C(=O)N(CCc5ccc(O)cc5)C(=O)[C@@H]4[C@@H]3C[C@@]3(Cl)C(=O)N(c4c(F)c(F)c(F)c(F)c4F)C(=O)[C@@]23Cl)ccc1O. The van der Waals surface area contributed by atoms with Crippen LogP contribution in [0.25, 0.3) is 0 Å². The fourth-order valence-electron chi connectivity index (χ4n) is 8.00. The first kappa shape index (κ1) is 34.7. The number of methoxy groups -OCH3 is 1. The number of benzene rings is 3. The van der Waals surface area contributed by atoms with E-state index < -0.39 is 98.2 Å². The molecule has 2 N–H and O–H groups in total. The van der Waals surface area contributed by atoms with Gasteiger partial charge in [-0.05, 0) is 60.6 Å². The molecule has 2 aliphatic heterocycles. The van der Waals surface area contributed by atoms with Crippen molar-refractivity contribution < 1.29 is 56.1 Å². The molecule has 2 aliphatic carbocycles. The Morgan fingerprint density at radius 2 is 1.47 bits per heavy atom. The predicted molar refractivity (Wildman–Crippen MR) is 170 cm³/mol. The number of nitrogens with zero attached hydrogens (tertiary/aromatic N) is 2. The lowest BCUT2D eigenvalue weighted by molar-refractivity contribution is -0.140. The maximum atomic E-state index is 15.2. The Hall–Kier alpha value is -4.69. The van der Waals surface area contributed by atoms with E-state index in [9.17, 15) is 42.6 Å². The molecule has 0 aromatic heterocycles. The lowest BCUT2D eigenvalue weighted by Crippen LogP contribution is -2.60. The summed E-state index contributed by atoms with van der Waals surface area (Å²) in [7, 11) is 1.22. The number of halogens is 7. The zero-order valence-corrected chi connectivity index (χ0v) is 27.7. The van der Waals surface area contributed by atoms with Gasteiger partial charge in [0.25, 0.3) is 11.8 Å². The van der Waals surface area contributed by atoms with Crippen LogP contribution in [-0.4, -0.2) is 62.1 Å². The number of fused-ring (bicyclic) bond motifs is 4. The minimum atomic E-state index is -2.70. The number of hydrogen-bond acceptors (Lipinski definition) is 7. The second-order valence-corrected chi connectivity index (χ2v) is 14.1. The average Bonchev–Trinajstić information content (AvgIpc) is 3.44. The van der Waals surface area contributed by atoms with Crippen molar-refractivity contribution in [2.24, 2.45) is 17.8 Å². The minimum absolute atomic E-state index is 0.0196. The molecule has 4 aliphatic rings. The van der Waals surface area contributed by atoms with E-state index in [1.807, 2.05) is 0 Å². The van der Waals surface area contributed by atoms with Crippen LogP contribution in [-0.2, 0) is 25.6 Å². The molecule has 9 nitrogen and oxygen atoms in total. The summed E-state index contributed by atoms with van der Waals surface area (Å²) in [4.78, 5) is 51.9. The highest BCUT2D eigenvalue weighted by molar-refractivity contribution is 6.58. The fraction of sp³-hybridized carbons (Fsp3) is 0.314. The van der Waals surface area contributed by atoms with Gasteiger partial charge in [0.1, 0.15) is 11.4 Å². The van der Waals surface area contributed by atoms with Gasteiger partial charge in [-0.3, -0.25) is 24.1 Å². The summed E-state index contributed by atoms with van der Waals surface area (Å²) in [5.74, 6) is -21.8. The number of ether oxygens (including phenoxy) is 1. The predicted octanol–water partition coefficient (Wildman–Crippen LogP) is 5.61. The third-order valence-corrected chi connectivity index (χ3v) is 11.8. The number of carbonyl (C=O) groups excluding carboxylic acids is 4. The summed E-state index contributed by atoms with van der Waals surface area (Å²) in [6, 6.07) is 9.91. The molecule has 3 aromatic carbocycles. The maximum absolute atomic E-state index is 15.2. The van der Waals surface area contributed by atoms with E-state index in [1.54, 1.807) is 18.2 Å². The van der Waals surface area contributed by atoms with Gasteiger partial charge < -0.3 is 14.9 Å². The standard InChI is InChI=1S/C35H25Cl2F5N2O7/c1-51-21-12-15(4-9-20(21)46)23-17-7-8-18-22(31(48)43(30(18)47)11-10-14-2-5-16(45)6-3-14)19(17)13-34(36)32(49)44(33(50)35(23,34)37)29-27(41)25(39)24(38)26(40)28(29)42/h2-7,9,12,18-19,22-23,45-46H,8,10-11,13H2,1H3/t18-,19+,22-,23-,34+,35-/m0/s1.